The first-order valence-electron chi connectivity index (χ1n) is 16.6. The number of methoxy groups -OCH3 is 1. The molecule has 1 aliphatic heterocycles. The first kappa shape index (κ1) is 33.8. The Morgan fingerprint density at radius 2 is 1.80 bits per heavy atom. The Balaban J connectivity index is 1.35. The molecule has 1 saturated heterocycles. The highest BCUT2D eigenvalue weighted by molar-refractivity contribution is 5.82. The Morgan fingerprint density at radius 3 is 2.42 bits per heavy atom. The molecule has 1 heterocycles. The number of ether oxygens (including phenoxy) is 1. The fourth-order valence-corrected chi connectivity index (χ4v) is 8.13. The zero-order valence-corrected chi connectivity index (χ0v) is 28.1. The van der Waals surface area contributed by atoms with Crippen molar-refractivity contribution in [2.24, 2.45) is 29.1 Å². The zero-order valence-electron chi connectivity index (χ0n) is 28.1. The molecule has 0 spiro atoms. The van der Waals surface area contributed by atoms with E-state index < -0.39 is 24.4 Å². The Bertz CT molecular complexity index is 1290. The number of hydrogen-bond donors (Lipinski definition) is 3. The van der Waals surface area contributed by atoms with Crippen LogP contribution in [-0.2, 0) is 29.3 Å². The van der Waals surface area contributed by atoms with Crippen LogP contribution in [0.5, 0.6) is 5.75 Å². The normalized spacial score (nSPS) is 29.9. The number of fused-ring (bicyclic) bond motifs is 2. The van der Waals surface area contributed by atoms with Gasteiger partial charge < -0.3 is 25.2 Å². The molecule has 0 aromatic heterocycles. The summed E-state index contributed by atoms with van der Waals surface area (Å²) in [6.45, 7) is 12.1. The van der Waals surface area contributed by atoms with Crippen molar-refractivity contribution in [2.45, 2.75) is 84.6 Å². The van der Waals surface area contributed by atoms with E-state index in [2.05, 4.69) is 80.3 Å². The van der Waals surface area contributed by atoms with E-state index in [0.29, 0.717) is 29.7 Å². The van der Waals surface area contributed by atoms with Crippen LogP contribution >= 0.6 is 0 Å². The van der Waals surface area contributed by atoms with E-state index in [0.717, 1.165) is 42.9 Å². The molecule has 2 bridgehead atoms. The number of hydrogen-bond acceptors (Lipinski definition) is 8. The van der Waals surface area contributed by atoms with E-state index in [1.807, 2.05) is 18.2 Å². The number of hydroxylamine groups is 2. The molecule has 3 N–H and O–H groups in total. The van der Waals surface area contributed by atoms with E-state index in [9.17, 15) is 15.0 Å². The molecule has 2 aromatic rings. The minimum Gasteiger partial charge on any atom is -0.496 e. The van der Waals surface area contributed by atoms with Crippen molar-refractivity contribution in [1.82, 2.24) is 20.2 Å². The molecule has 45 heavy (non-hydrogen) atoms. The van der Waals surface area contributed by atoms with Gasteiger partial charge in [0.1, 0.15) is 11.8 Å². The zero-order chi connectivity index (χ0) is 32.5. The minimum absolute atomic E-state index is 0.0687. The van der Waals surface area contributed by atoms with E-state index in [1.54, 1.807) is 19.1 Å². The number of nitrogens with one attached hydrogen (secondary N) is 1. The van der Waals surface area contributed by atoms with Crippen LogP contribution in [0.1, 0.15) is 57.2 Å². The van der Waals surface area contributed by atoms with Crippen LogP contribution in [0, 0.1) is 29.1 Å². The van der Waals surface area contributed by atoms with Gasteiger partial charge in [-0.15, -0.1) is 0 Å². The van der Waals surface area contributed by atoms with Gasteiger partial charge in [-0.25, -0.2) is 0 Å². The van der Waals surface area contributed by atoms with Gasteiger partial charge in [0, 0.05) is 43.3 Å². The Morgan fingerprint density at radius 1 is 1.09 bits per heavy atom. The largest absolute Gasteiger partial charge is 0.496 e. The quantitative estimate of drug-likeness (QED) is 0.310. The fourth-order valence-electron chi connectivity index (χ4n) is 8.13. The summed E-state index contributed by atoms with van der Waals surface area (Å²) in [7, 11) is 5.83. The molecule has 248 valence electrons. The summed E-state index contributed by atoms with van der Waals surface area (Å²) in [5, 5.41) is 26.4. The molecule has 8 atom stereocenters. The second-order valence-corrected chi connectivity index (χ2v) is 14.5. The van der Waals surface area contributed by atoms with Gasteiger partial charge in [0.2, 0.25) is 5.91 Å². The Kier molecular flexibility index (Phi) is 10.6. The first-order chi connectivity index (χ1) is 21.4. The molecule has 4 aliphatic rings. The van der Waals surface area contributed by atoms with Gasteiger partial charge in [-0.05, 0) is 62.6 Å². The molecule has 2 aromatic carbocycles. The topological polar surface area (TPSA) is 97.7 Å². The molecule has 3 saturated carbocycles. The van der Waals surface area contributed by atoms with Crippen LogP contribution < -0.4 is 10.1 Å². The lowest BCUT2D eigenvalue weighted by Gasteiger charge is -2.62. The molecule has 1 amide bonds. The van der Waals surface area contributed by atoms with Crippen molar-refractivity contribution in [3.05, 3.63) is 65.2 Å². The maximum Gasteiger partial charge on any atom is 0.240 e. The summed E-state index contributed by atoms with van der Waals surface area (Å²) in [6.07, 6.45) is -0.0519. The van der Waals surface area contributed by atoms with Crippen LogP contribution in [0.3, 0.4) is 0 Å². The number of para-hydroxylation sites is 1. The molecule has 4 fully saturated rings. The van der Waals surface area contributed by atoms with Crippen molar-refractivity contribution in [3.63, 3.8) is 0 Å². The van der Waals surface area contributed by atoms with Gasteiger partial charge in [0.25, 0.3) is 0 Å². The van der Waals surface area contributed by atoms with E-state index >= 15 is 0 Å². The number of carbonyl (C=O) groups is 1. The molecule has 9 heteroatoms. The summed E-state index contributed by atoms with van der Waals surface area (Å²) < 4.78 is 6.00. The van der Waals surface area contributed by atoms with Crippen LogP contribution in [0.2, 0.25) is 0 Å². The molecule has 3 aliphatic carbocycles. The van der Waals surface area contributed by atoms with E-state index in [-0.39, 0.29) is 18.5 Å². The fraction of sp³-hybridized carbons (Fsp3) is 0.639. The van der Waals surface area contributed by atoms with Gasteiger partial charge in [0.15, 0.2) is 6.29 Å². The second kappa shape index (κ2) is 14.1. The third-order valence-electron chi connectivity index (χ3n) is 11.0. The van der Waals surface area contributed by atoms with Crippen LogP contribution in [0.4, 0.5) is 0 Å². The summed E-state index contributed by atoms with van der Waals surface area (Å²) >= 11 is 0. The predicted octanol–water partition coefficient (Wildman–Crippen LogP) is 3.88. The van der Waals surface area contributed by atoms with Crippen molar-refractivity contribution in [3.8, 4) is 5.75 Å². The minimum atomic E-state index is -1.29. The predicted molar refractivity (Wildman–Crippen MR) is 175 cm³/mol. The van der Waals surface area contributed by atoms with Gasteiger partial charge in [0.05, 0.1) is 25.7 Å². The monoisotopic (exact) mass is 622 g/mol. The van der Waals surface area contributed by atoms with Crippen molar-refractivity contribution < 1.29 is 24.6 Å². The lowest BCUT2D eigenvalue weighted by molar-refractivity contribution is -0.231. The third kappa shape index (κ3) is 7.24. The van der Waals surface area contributed by atoms with Gasteiger partial charge in [-0.2, -0.15) is 5.06 Å². The highest BCUT2D eigenvalue weighted by atomic mass is 16.8. The van der Waals surface area contributed by atoms with E-state index in [4.69, 9.17) is 9.57 Å². The van der Waals surface area contributed by atoms with Crippen LogP contribution in [0.25, 0.3) is 0 Å². The van der Waals surface area contributed by atoms with Gasteiger partial charge in [-0.3, -0.25) is 14.5 Å². The number of aliphatic hydroxyl groups excluding tert-OH is 2. The highest BCUT2D eigenvalue weighted by Crippen LogP contribution is 2.61. The third-order valence-corrected chi connectivity index (χ3v) is 11.0. The standard InChI is InChI=1S/C36H54N4O5/c1-23-29-18-28(36(29,3)4)19-30(23)37-34(42)32-31(24(2)41)35(43)45-40(32)22-27-15-11-14-26(33(27)44-7)21-39(17-16-38(5)6)20-25-12-9-8-10-13-25/h8-15,23-24,28-32,35,41,43H,16-22H2,1-7H3,(H,37,42)/t23?,24?,28?,29?,30-,31-,32-,35?/m0/s1. The molecule has 9 nitrogen and oxygen atoms in total. The smallest absolute Gasteiger partial charge is 0.240 e. The average molecular weight is 623 g/mol. The number of likely N-dealkylation sites (N-methyl/N-ethyl adjacent to an activating group) is 1. The van der Waals surface area contributed by atoms with Crippen molar-refractivity contribution >= 4 is 5.91 Å². The lowest BCUT2D eigenvalue weighted by Crippen LogP contribution is -2.62. The molecule has 5 unspecified atom stereocenters. The van der Waals surface area contributed by atoms with Crippen molar-refractivity contribution in [1.29, 1.82) is 0 Å². The number of benzene rings is 2. The Labute approximate surface area is 269 Å². The van der Waals surface area contributed by atoms with Gasteiger partial charge in [-0.1, -0.05) is 69.3 Å². The van der Waals surface area contributed by atoms with Crippen LogP contribution in [0.15, 0.2) is 48.5 Å². The van der Waals surface area contributed by atoms with Crippen molar-refractivity contribution in [2.75, 3.05) is 34.3 Å². The van der Waals surface area contributed by atoms with Crippen LogP contribution in [-0.4, -0.2) is 89.8 Å². The second-order valence-electron chi connectivity index (χ2n) is 14.5. The summed E-state index contributed by atoms with van der Waals surface area (Å²) in [5.41, 5.74) is 3.45. The SMILES string of the molecule is COc1c(CN(CCN(C)C)Cc2ccccc2)cccc1CN1OC(O)[C@@H](C(C)O)[C@H]1C(=O)N[C@H]1CC2CC(C1C)C2(C)C. The maximum absolute atomic E-state index is 14.0. The Hall–Kier alpha value is -2.53. The molecular formula is C36H54N4O5. The number of carbonyl (C=O) groups excluding carboxylic acids is 1. The molecule has 0 radical (unpaired) electrons. The molecule has 6 rings (SSSR count). The summed E-state index contributed by atoms with van der Waals surface area (Å²) in [5.74, 6) is 1.30. The highest BCUT2D eigenvalue weighted by Gasteiger charge is 2.57. The number of amides is 1. The first-order valence-corrected chi connectivity index (χ1v) is 16.6. The lowest BCUT2D eigenvalue weighted by atomic mass is 9.45. The summed E-state index contributed by atoms with van der Waals surface area (Å²) in [4.78, 5) is 24.5. The number of rotatable bonds is 13. The van der Waals surface area contributed by atoms with Gasteiger partial charge >= 0.3 is 0 Å². The molecular weight excluding hydrogens is 568 g/mol. The number of nitrogens with zero attached hydrogens (tertiary/aromatic N) is 3. The van der Waals surface area contributed by atoms with E-state index in [1.165, 1.54) is 12.0 Å². The summed E-state index contributed by atoms with van der Waals surface area (Å²) in [6, 6.07) is 15.7. The number of aliphatic hydroxyl groups is 2. The maximum atomic E-state index is 14.0. The average Bonchev–Trinajstić information content (AvgIpc) is 3.32.